The van der Waals surface area contributed by atoms with Gasteiger partial charge in [0.25, 0.3) is 5.91 Å². The van der Waals surface area contributed by atoms with E-state index in [4.69, 9.17) is 4.74 Å². The minimum atomic E-state index is -0.624. The number of aryl methyl sites for hydroxylation is 1. The predicted octanol–water partition coefficient (Wildman–Crippen LogP) is 5.12. The summed E-state index contributed by atoms with van der Waals surface area (Å²) in [6, 6.07) is 5.98. The number of likely N-dealkylation sites (tertiary alicyclic amines) is 1. The number of carbonyl (C=O) groups is 2. The molecule has 1 aliphatic heterocycles. The SMILES string of the molecule is Cc1nc(C(=O)N2C(C)CCCC2NC(=O)OC(C)(C)C)c(-c2ccc(F)cc2)s1. The molecule has 0 spiro atoms. The Morgan fingerprint density at radius 1 is 1.23 bits per heavy atom. The van der Waals surface area contributed by atoms with Crippen LogP contribution in [0.5, 0.6) is 0 Å². The zero-order valence-corrected chi connectivity index (χ0v) is 18.8. The fourth-order valence-corrected chi connectivity index (χ4v) is 4.53. The first kappa shape index (κ1) is 22.2. The van der Waals surface area contributed by atoms with Gasteiger partial charge in [0.15, 0.2) is 0 Å². The molecule has 3 rings (SSSR count). The Kier molecular flexibility index (Phi) is 6.45. The van der Waals surface area contributed by atoms with E-state index < -0.39 is 17.9 Å². The number of benzene rings is 1. The Labute approximate surface area is 180 Å². The van der Waals surface area contributed by atoms with Crippen molar-refractivity contribution >= 4 is 23.3 Å². The van der Waals surface area contributed by atoms with Crippen LogP contribution in [0.3, 0.4) is 0 Å². The number of amides is 2. The summed E-state index contributed by atoms with van der Waals surface area (Å²) >= 11 is 1.40. The highest BCUT2D eigenvalue weighted by Crippen LogP contribution is 2.33. The number of nitrogens with zero attached hydrogens (tertiary/aromatic N) is 2. The van der Waals surface area contributed by atoms with E-state index in [-0.39, 0.29) is 17.8 Å². The van der Waals surface area contributed by atoms with E-state index in [1.165, 1.54) is 23.5 Å². The van der Waals surface area contributed by atoms with Crippen LogP contribution < -0.4 is 5.32 Å². The Morgan fingerprint density at radius 2 is 1.90 bits per heavy atom. The number of thiazole rings is 1. The number of nitrogens with one attached hydrogen (secondary N) is 1. The van der Waals surface area contributed by atoms with Crippen molar-refractivity contribution < 1.29 is 18.7 Å². The monoisotopic (exact) mass is 433 g/mol. The molecule has 2 amide bonds. The number of halogens is 1. The molecule has 1 aliphatic rings. The molecule has 0 bridgehead atoms. The van der Waals surface area contributed by atoms with Crippen molar-refractivity contribution in [1.82, 2.24) is 15.2 Å². The number of piperidine rings is 1. The number of hydrogen-bond acceptors (Lipinski definition) is 5. The first-order valence-electron chi connectivity index (χ1n) is 10.1. The van der Waals surface area contributed by atoms with Crippen LogP contribution in [0.1, 0.15) is 62.5 Å². The van der Waals surface area contributed by atoms with Gasteiger partial charge < -0.3 is 15.0 Å². The third-order valence-electron chi connectivity index (χ3n) is 4.87. The van der Waals surface area contributed by atoms with Gasteiger partial charge in [-0.15, -0.1) is 11.3 Å². The van der Waals surface area contributed by atoms with Gasteiger partial charge in [-0.1, -0.05) is 12.1 Å². The fourth-order valence-electron chi connectivity index (χ4n) is 3.61. The molecule has 0 radical (unpaired) electrons. The van der Waals surface area contributed by atoms with Crippen molar-refractivity contribution in [2.75, 3.05) is 0 Å². The van der Waals surface area contributed by atoms with Gasteiger partial charge in [-0.2, -0.15) is 0 Å². The normalized spacial score (nSPS) is 19.5. The summed E-state index contributed by atoms with van der Waals surface area (Å²) < 4.78 is 18.7. The van der Waals surface area contributed by atoms with Crippen molar-refractivity contribution in [1.29, 1.82) is 0 Å². The van der Waals surface area contributed by atoms with E-state index in [2.05, 4.69) is 10.3 Å². The second-order valence-corrected chi connectivity index (χ2v) is 9.78. The lowest BCUT2D eigenvalue weighted by molar-refractivity contribution is 0.0245. The topological polar surface area (TPSA) is 71.5 Å². The predicted molar refractivity (Wildman–Crippen MR) is 115 cm³/mol. The largest absolute Gasteiger partial charge is 0.444 e. The summed E-state index contributed by atoms with van der Waals surface area (Å²) in [5, 5.41) is 3.60. The lowest BCUT2D eigenvalue weighted by Gasteiger charge is -2.40. The highest BCUT2D eigenvalue weighted by Gasteiger charge is 2.36. The number of alkyl carbamates (subject to hydrolysis) is 1. The smallest absolute Gasteiger partial charge is 0.409 e. The molecule has 8 heteroatoms. The maximum Gasteiger partial charge on any atom is 0.409 e. The third-order valence-corrected chi connectivity index (χ3v) is 5.89. The van der Waals surface area contributed by atoms with Gasteiger partial charge in [0.05, 0.1) is 9.88 Å². The van der Waals surface area contributed by atoms with Crippen LogP contribution in [0.15, 0.2) is 24.3 Å². The molecule has 2 heterocycles. The van der Waals surface area contributed by atoms with Crippen molar-refractivity contribution in [3.8, 4) is 10.4 Å². The summed E-state index contributed by atoms with van der Waals surface area (Å²) in [5.41, 5.74) is 0.446. The highest BCUT2D eigenvalue weighted by atomic mass is 32.1. The minimum Gasteiger partial charge on any atom is -0.444 e. The molecule has 2 atom stereocenters. The van der Waals surface area contributed by atoms with Crippen molar-refractivity contribution in [2.24, 2.45) is 0 Å². The molecule has 1 aromatic heterocycles. The first-order valence-corrected chi connectivity index (χ1v) is 10.9. The van der Waals surface area contributed by atoms with E-state index in [1.54, 1.807) is 37.8 Å². The second kappa shape index (κ2) is 8.71. The van der Waals surface area contributed by atoms with Gasteiger partial charge in [0.2, 0.25) is 0 Å². The van der Waals surface area contributed by atoms with Gasteiger partial charge in [0, 0.05) is 6.04 Å². The molecule has 162 valence electrons. The molecule has 1 N–H and O–H groups in total. The second-order valence-electron chi connectivity index (χ2n) is 8.57. The van der Waals surface area contributed by atoms with Gasteiger partial charge in [-0.3, -0.25) is 4.79 Å². The maximum atomic E-state index is 13.6. The molecular formula is C22H28FN3O3S. The molecule has 1 fully saturated rings. The van der Waals surface area contributed by atoms with Crippen molar-refractivity contribution in [3.63, 3.8) is 0 Å². The Bertz CT molecular complexity index is 921. The van der Waals surface area contributed by atoms with Crippen LogP contribution in [0.4, 0.5) is 9.18 Å². The minimum absolute atomic E-state index is 0.0609. The highest BCUT2D eigenvalue weighted by molar-refractivity contribution is 7.15. The van der Waals surface area contributed by atoms with Gasteiger partial charge in [-0.05, 0) is 71.6 Å². The molecule has 6 nitrogen and oxygen atoms in total. The van der Waals surface area contributed by atoms with Crippen LogP contribution in [0, 0.1) is 12.7 Å². The van der Waals surface area contributed by atoms with Crippen molar-refractivity contribution in [3.05, 3.63) is 40.8 Å². The van der Waals surface area contributed by atoms with Crippen LogP contribution in [-0.4, -0.2) is 39.7 Å². The standard InChI is InChI=1S/C22H28FN3O3S/c1-13-7-6-8-17(25-21(28)29-22(3,4)5)26(13)20(27)18-19(30-14(2)24-18)15-9-11-16(23)12-10-15/h9-13,17H,6-8H2,1-5H3,(H,25,28). The number of hydrogen-bond donors (Lipinski definition) is 1. The molecule has 1 aromatic carbocycles. The van der Waals surface area contributed by atoms with Crippen molar-refractivity contribution in [2.45, 2.75) is 71.7 Å². The zero-order valence-electron chi connectivity index (χ0n) is 18.0. The summed E-state index contributed by atoms with van der Waals surface area (Å²) in [4.78, 5) is 32.8. The zero-order chi connectivity index (χ0) is 22.1. The van der Waals surface area contributed by atoms with Gasteiger partial charge in [-0.25, -0.2) is 14.2 Å². The molecule has 0 aliphatic carbocycles. The Morgan fingerprint density at radius 3 is 2.53 bits per heavy atom. The number of ether oxygens (including phenoxy) is 1. The molecule has 2 aromatic rings. The Hall–Kier alpha value is -2.48. The quantitative estimate of drug-likeness (QED) is 0.729. The van der Waals surface area contributed by atoms with E-state index in [1.807, 2.05) is 13.8 Å². The lowest BCUT2D eigenvalue weighted by Crippen LogP contribution is -2.57. The van der Waals surface area contributed by atoms with Gasteiger partial charge >= 0.3 is 6.09 Å². The molecule has 30 heavy (non-hydrogen) atoms. The van der Waals surface area contributed by atoms with Crippen LogP contribution >= 0.6 is 11.3 Å². The van der Waals surface area contributed by atoms with E-state index in [9.17, 15) is 14.0 Å². The van der Waals surface area contributed by atoms with E-state index in [0.717, 1.165) is 23.4 Å². The third kappa shape index (κ3) is 5.16. The average molecular weight is 434 g/mol. The van der Waals surface area contributed by atoms with E-state index in [0.29, 0.717) is 17.0 Å². The molecule has 1 saturated heterocycles. The molecular weight excluding hydrogens is 405 g/mol. The average Bonchev–Trinajstić information content (AvgIpc) is 3.02. The number of rotatable bonds is 3. The van der Waals surface area contributed by atoms with Crippen LogP contribution in [0.25, 0.3) is 10.4 Å². The van der Waals surface area contributed by atoms with Crippen LogP contribution in [0.2, 0.25) is 0 Å². The Balaban J connectivity index is 1.89. The maximum absolute atomic E-state index is 13.6. The van der Waals surface area contributed by atoms with Crippen LogP contribution in [-0.2, 0) is 4.74 Å². The van der Waals surface area contributed by atoms with E-state index >= 15 is 0 Å². The summed E-state index contributed by atoms with van der Waals surface area (Å²) in [6.45, 7) is 9.20. The van der Waals surface area contributed by atoms with Gasteiger partial charge in [0.1, 0.15) is 23.3 Å². The fraction of sp³-hybridized carbons (Fsp3) is 0.500. The summed E-state index contributed by atoms with van der Waals surface area (Å²) in [6.07, 6.45) is 1.36. The molecule has 2 unspecified atom stereocenters. The number of aromatic nitrogens is 1. The number of carbonyl (C=O) groups excluding carboxylic acids is 2. The lowest BCUT2D eigenvalue weighted by atomic mass is 9.99. The first-order chi connectivity index (χ1) is 14.0. The summed E-state index contributed by atoms with van der Waals surface area (Å²) in [7, 11) is 0. The molecule has 0 saturated carbocycles. The summed E-state index contributed by atoms with van der Waals surface area (Å²) in [5.74, 6) is -0.578.